The Hall–Kier alpha value is -0.900. The summed E-state index contributed by atoms with van der Waals surface area (Å²) in [4.78, 5) is 4.18. The quantitative estimate of drug-likeness (QED) is 0.678. The van der Waals surface area contributed by atoms with Gasteiger partial charge in [0.1, 0.15) is 25.7 Å². The molecular formula is C16H32N2O6. The molecule has 0 saturated carbocycles. The first-order chi connectivity index (χ1) is 11.9. The fraction of sp³-hybridized carbons (Fsp3) is 0.875. The number of rotatable bonds is 4. The molecule has 8 nitrogen and oxygen atoms in total. The van der Waals surface area contributed by atoms with Gasteiger partial charge in [-0.2, -0.15) is 0 Å². The zero-order valence-corrected chi connectivity index (χ0v) is 14.5. The number of aliphatic hydroxyl groups is 2. The molecule has 0 fully saturated rings. The summed E-state index contributed by atoms with van der Waals surface area (Å²) in [6, 6.07) is 0. The molecule has 24 heavy (non-hydrogen) atoms. The Bertz CT molecular complexity index is 278. The molecule has 1 rings (SSSR count). The molecule has 142 valence electrons. The van der Waals surface area contributed by atoms with Crippen LogP contribution in [0.3, 0.4) is 0 Å². The molecule has 0 saturated heterocycles. The lowest BCUT2D eigenvalue weighted by atomic mass is 10.4. The molecule has 0 radical (unpaired) electrons. The van der Waals surface area contributed by atoms with Gasteiger partial charge >= 0.3 is 0 Å². The van der Waals surface area contributed by atoms with E-state index in [-0.39, 0.29) is 13.2 Å². The molecule has 0 unspecified atom stereocenters. The van der Waals surface area contributed by atoms with Crippen molar-refractivity contribution in [2.24, 2.45) is 0 Å². The molecule has 0 spiro atoms. The van der Waals surface area contributed by atoms with Gasteiger partial charge in [-0.15, -0.1) is 0 Å². The number of ether oxygens (including phenoxy) is 4. The summed E-state index contributed by atoms with van der Waals surface area (Å²) < 4.78 is 21.9. The number of hydrogen-bond donors (Lipinski definition) is 2. The lowest BCUT2D eigenvalue weighted by Crippen LogP contribution is -2.34. The van der Waals surface area contributed by atoms with Crippen LogP contribution in [-0.4, -0.2) is 112 Å². The normalized spacial score (nSPS) is 21.4. The maximum atomic E-state index is 9.08. The van der Waals surface area contributed by atoms with Gasteiger partial charge in [0.15, 0.2) is 0 Å². The summed E-state index contributed by atoms with van der Waals surface area (Å²) in [5.41, 5.74) is 0. The highest BCUT2D eigenvalue weighted by molar-refractivity contribution is 4.64. The summed E-state index contributed by atoms with van der Waals surface area (Å²) in [7, 11) is 0. The molecule has 1 heterocycles. The molecule has 0 aromatic carbocycles. The smallest absolute Gasteiger partial charge is 0.117 e. The van der Waals surface area contributed by atoms with E-state index in [1.54, 1.807) is 0 Å². The number of nitrogens with zero attached hydrogens (tertiary/aromatic N) is 2. The van der Waals surface area contributed by atoms with Crippen LogP contribution in [0.5, 0.6) is 0 Å². The second-order valence-corrected chi connectivity index (χ2v) is 5.37. The van der Waals surface area contributed by atoms with Gasteiger partial charge in [-0.3, -0.25) is 9.80 Å². The van der Waals surface area contributed by atoms with E-state index >= 15 is 0 Å². The summed E-state index contributed by atoms with van der Waals surface area (Å²) in [6.45, 7) is 7.71. The third kappa shape index (κ3) is 11.6. The maximum absolute atomic E-state index is 9.08. The molecule has 0 amide bonds. The van der Waals surface area contributed by atoms with Gasteiger partial charge in [-0.05, 0) is 0 Å². The van der Waals surface area contributed by atoms with Crippen LogP contribution in [0.25, 0.3) is 0 Å². The Morgan fingerprint density at radius 1 is 0.625 bits per heavy atom. The maximum Gasteiger partial charge on any atom is 0.117 e. The summed E-state index contributed by atoms with van der Waals surface area (Å²) in [5, 5.41) is 18.2. The van der Waals surface area contributed by atoms with Crippen LogP contribution < -0.4 is 0 Å². The average Bonchev–Trinajstić information content (AvgIpc) is 2.58. The molecule has 1 aliphatic heterocycles. The van der Waals surface area contributed by atoms with Crippen LogP contribution in [0.2, 0.25) is 0 Å². The van der Waals surface area contributed by atoms with Crippen molar-refractivity contribution in [3.8, 4) is 0 Å². The van der Waals surface area contributed by atoms with Gasteiger partial charge in [0.25, 0.3) is 0 Å². The van der Waals surface area contributed by atoms with E-state index in [1.165, 1.54) is 12.5 Å². The minimum atomic E-state index is 0.117. The number of β-amino-alcohol motifs (C(OH)–C–C–N with tert-alkyl or cyclic N) is 2. The van der Waals surface area contributed by atoms with E-state index in [0.29, 0.717) is 52.7 Å². The van der Waals surface area contributed by atoms with E-state index in [1.807, 2.05) is 0 Å². The van der Waals surface area contributed by atoms with Crippen LogP contribution in [0.15, 0.2) is 12.5 Å². The van der Waals surface area contributed by atoms with Crippen LogP contribution in [0.4, 0.5) is 0 Å². The molecule has 1 aliphatic rings. The van der Waals surface area contributed by atoms with Gasteiger partial charge < -0.3 is 29.2 Å². The third-order valence-corrected chi connectivity index (χ3v) is 3.61. The Labute approximate surface area is 144 Å². The van der Waals surface area contributed by atoms with Crippen molar-refractivity contribution in [2.75, 3.05) is 92.1 Å². The second kappa shape index (κ2) is 15.6. The standard InChI is InChI=1S/C16H32N2O6/c19-7-1-17-3-9-21-13-15-23-11-5-18(2-8-20)6-12-24-16-14-22-10-4-17/h13,15,19-20H,1-12,14,16H2. The fourth-order valence-corrected chi connectivity index (χ4v) is 2.24. The van der Waals surface area contributed by atoms with Crippen LogP contribution >= 0.6 is 0 Å². The van der Waals surface area contributed by atoms with Gasteiger partial charge in [-0.25, -0.2) is 0 Å². The van der Waals surface area contributed by atoms with E-state index in [2.05, 4.69) is 9.80 Å². The van der Waals surface area contributed by atoms with Crippen LogP contribution in [-0.2, 0) is 18.9 Å². The first-order valence-corrected chi connectivity index (χ1v) is 8.57. The lowest BCUT2D eigenvalue weighted by Gasteiger charge is -2.22. The molecule has 0 aromatic heterocycles. The third-order valence-electron chi connectivity index (χ3n) is 3.61. The SMILES string of the molecule is OCCN1CCOC=COCCN(CCO)CCOCCOCC1. The Balaban J connectivity index is 2.36. The minimum absolute atomic E-state index is 0.117. The Kier molecular flexibility index (Phi) is 13.8. The number of hydrogen-bond acceptors (Lipinski definition) is 8. The second-order valence-electron chi connectivity index (χ2n) is 5.37. The van der Waals surface area contributed by atoms with Gasteiger partial charge in [-0.1, -0.05) is 0 Å². The molecule has 0 aliphatic carbocycles. The van der Waals surface area contributed by atoms with Gasteiger partial charge in [0, 0.05) is 39.3 Å². The first-order valence-electron chi connectivity index (χ1n) is 8.57. The predicted molar refractivity (Wildman–Crippen MR) is 89.7 cm³/mol. The molecular weight excluding hydrogens is 316 g/mol. The fourth-order valence-electron chi connectivity index (χ4n) is 2.24. The van der Waals surface area contributed by atoms with Crippen LogP contribution in [0, 0.1) is 0 Å². The average molecular weight is 348 g/mol. The molecule has 0 bridgehead atoms. The van der Waals surface area contributed by atoms with Crippen molar-refractivity contribution >= 4 is 0 Å². The molecule has 2 N–H and O–H groups in total. The van der Waals surface area contributed by atoms with Crippen molar-refractivity contribution in [1.82, 2.24) is 9.80 Å². The molecule has 0 aromatic rings. The monoisotopic (exact) mass is 348 g/mol. The van der Waals surface area contributed by atoms with Crippen molar-refractivity contribution in [1.29, 1.82) is 0 Å². The van der Waals surface area contributed by atoms with E-state index in [4.69, 9.17) is 29.2 Å². The van der Waals surface area contributed by atoms with Crippen molar-refractivity contribution in [2.45, 2.75) is 0 Å². The van der Waals surface area contributed by atoms with E-state index in [0.717, 1.165) is 26.2 Å². The first kappa shape index (κ1) is 21.1. The van der Waals surface area contributed by atoms with Crippen molar-refractivity contribution in [3.05, 3.63) is 12.5 Å². The van der Waals surface area contributed by atoms with Gasteiger partial charge in [0.05, 0.1) is 39.6 Å². The molecule has 0 atom stereocenters. The van der Waals surface area contributed by atoms with E-state index in [9.17, 15) is 0 Å². The van der Waals surface area contributed by atoms with Crippen LogP contribution in [0.1, 0.15) is 0 Å². The van der Waals surface area contributed by atoms with Crippen molar-refractivity contribution < 1.29 is 29.2 Å². The van der Waals surface area contributed by atoms with Crippen molar-refractivity contribution in [3.63, 3.8) is 0 Å². The largest absolute Gasteiger partial charge is 0.497 e. The lowest BCUT2D eigenvalue weighted by molar-refractivity contribution is 0.0240. The zero-order chi connectivity index (χ0) is 17.3. The zero-order valence-electron chi connectivity index (χ0n) is 14.5. The highest BCUT2D eigenvalue weighted by atomic mass is 16.5. The van der Waals surface area contributed by atoms with E-state index < -0.39 is 0 Å². The number of aliphatic hydroxyl groups excluding tert-OH is 2. The summed E-state index contributed by atoms with van der Waals surface area (Å²) >= 11 is 0. The molecule has 8 heteroatoms. The minimum Gasteiger partial charge on any atom is -0.497 e. The highest BCUT2D eigenvalue weighted by Gasteiger charge is 2.06. The van der Waals surface area contributed by atoms with Gasteiger partial charge in [0.2, 0.25) is 0 Å². The summed E-state index contributed by atoms with van der Waals surface area (Å²) in [6.07, 6.45) is 3.08. The summed E-state index contributed by atoms with van der Waals surface area (Å²) in [5.74, 6) is 0. The predicted octanol–water partition coefficient (Wildman–Crippen LogP) is -0.874. The highest BCUT2D eigenvalue weighted by Crippen LogP contribution is 1.93. The Morgan fingerprint density at radius 3 is 1.46 bits per heavy atom. The topological polar surface area (TPSA) is 83.9 Å². The Morgan fingerprint density at radius 2 is 1.04 bits per heavy atom.